The van der Waals surface area contributed by atoms with Gasteiger partial charge >= 0.3 is 5.97 Å². The molecule has 0 radical (unpaired) electrons. The van der Waals surface area contributed by atoms with Crippen molar-refractivity contribution in [1.29, 1.82) is 0 Å². The predicted octanol–water partition coefficient (Wildman–Crippen LogP) is 4.00. The maximum absolute atomic E-state index is 13.8. The van der Waals surface area contributed by atoms with Gasteiger partial charge < -0.3 is 9.67 Å². The fourth-order valence-electron chi connectivity index (χ4n) is 3.56. The van der Waals surface area contributed by atoms with Crippen molar-refractivity contribution in [3.8, 4) is 0 Å². The van der Waals surface area contributed by atoms with Crippen LogP contribution in [0.25, 0.3) is 16.5 Å². The van der Waals surface area contributed by atoms with Gasteiger partial charge in [-0.25, -0.2) is 12.8 Å². The molecule has 1 aromatic heterocycles. The Bertz CT molecular complexity index is 1270. The van der Waals surface area contributed by atoms with Crippen LogP contribution in [-0.4, -0.2) is 24.1 Å². The largest absolute Gasteiger partial charge is 0.480 e. The number of carboxylic acids is 1. The molecule has 0 aliphatic carbocycles. The fourth-order valence-corrected chi connectivity index (χ4v) is 5.25. The Balaban J connectivity index is 2.07. The zero-order chi connectivity index (χ0) is 19.5. The molecule has 8 heteroatoms. The number of nitrogens with zero attached hydrogens (tertiary/aromatic N) is 1. The van der Waals surface area contributed by atoms with Gasteiger partial charge in [0, 0.05) is 38.2 Å². The van der Waals surface area contributed by atoms with E-state index in [-0.39, 0.29) is 11.4 Å². The zero-order valence-corrected chi connectivity index (χ0v) is 15.6. The van der Waals surface area contributed by atoms with Crippen LogP contribution in [0, 0.1) is 12.7 Å². The summed E-state index contributed by atoms with van der Waals surface area (Å²) in [7, 11) is -3.68. The van der Waals surface area contributed by atoms with Crippen LogP contribution in [0.15, 0.2) is 46.7 Å². The number of benzene rings is 2. The first-order chi connectivity index (χ1) is 12.7. The van der Waals surface area contributed by atoms with Gasteiger partial charge in [-0.1, -0.05) is 17.7 Å². The van der Waals surface area contributed by atoms with Crippen molar-refractivity contribution in [3.05, 3.63) is 69.5 Å². The van der Waals surface area contributed by atoms with Gasteiger partial charge in [0.15, 0.2) is 0 Å². The lowest BCUT2D eigenvalue weighted by Gasteiger charge is -2.07. The van der Waals surface area contributed by atoms with Crippen LogP contribution < -0.4 is 0 Å². The molecule has 1 N–H and O–H groups in total. The van der Waals surface area contributed by atoms with Gasteiger partial charge in [-0.2, -0.15) is 0 Å². The van der Waals surface area contributed by atoms with Crippen molar-refractivity contribution in [3.63, 3.8) is 0 Å². The van der Waals surface area contributed by atoms with E-state index >= 15 is 0 Å². The van der Waals surface area contributed by atoms with E-state index in [2.05, 4.69) is 0 Å². The van der Waals surface area contributed by atoms with E-state index in [0.717, 1.165) is 5.41 Å². The van der Waals surface area contributed by atoms with Crippen molar-refractivity contribution in [2.75, 3.05) is 0 Å². The van der Waals surface area contributed by atoms with Crippen molar-refractivity contribution in [2.24, 2.45) is 0 Å². The molecule has 0 spiro atoms. The molecule has 5 nitrogen and oxygen atoms in total. The lowest BCUT2D eigenvalue weighted by Crippen LogP contribution is -2.10. The van der Waals surface area contributed by atoms with Gasteiger partial charge in [0.2, 0.25) is 9.84 Å². The molecule has 0 saturated carbocycles. The van der Waals surface area contributed by atoms with Crippen LogP contribution >= 0.6 is 11.6 Å². The molecular weight excluding hydrogens is 393 g/mol. The third-order valence-electron chi connectivity index (χ3n) is 4.66. The number of fused-ring (bicyclic) bond motifs is 2. The number of aromatic nitrogens is 1. The van der Waals surface area contributed by atoms with Crippen LogP contribution in [0.2, 0.25) is 5.02 Å². The minimum absolute atomic E-state index is 0.102. The summed E-state index contributed by atoms with van der Waals surface area (Å²) in [6, 6.07) is 8.66. The second kappa shape index (κ2) is 5.94. The van der Waals surface area contributed by atoms with Gasteiger partial charge in [0.25, 0.3) is 0 Å². The number of hydrogen-bond acceptors (Lipinski definition) is 3. The number of aliphatic carboxylic acids is 1. The topological polar surface area (TPSA) is 76.4 Å². The monoisotopic (exact) mass is 405 g/mol. The normalized spacial score (nSPS) is 15.0. The highest BCUT2D eigenvalue weighted by atomic mass is 35.5. The van der Waals surface area contributed by atoms with Crippen molar-refractivity contribution >= 4 is 43.9 Å². The third kappa shape index (κ3) is 2.74. The molecule has 0 amide bonds. The summed E-state index contributed by atoms with van der Waals surface area (Å²) < 4.78 is 40.4. The Labute approximate surface area is 159 Å². The van der Waals surface area contributed by atoms with E-state index in [4.69, 9.17) is 11.6 Å². The molecule has 2 heterocycles. The third-order valence-corrected chi connectivity index (χ3v) is 6.39. The van der Waals surface area contributed by atoms with E-state index < -0.39 is 21.6 Å². The number of rotatable bonds is 3. The second-order valence-electron chi connectivity index (χ2n) is 6.32. The van der Waals surface area contributed by atoms with E-state index in [0.29, 0.717) is 38.3 Å². The molecule has 0 atom stereocenters. The summed E-state index contributed by atoms with van der Waals surface area (Å²) in [4.78, 5) is 11.4. The number of sulfone groups is 1. The van der Waals surface area contributed by atoms with E-state index in [1.165, 1.54) is 28.8 Å². The van der Waals surface area contributed by atoms with Gasteiger partial charge in [-0.3, -0.25) is 4.79 Å². The first-order valence-electron chi connectivity index (χ1n) is 7.96. The Kier molecular flexibility index (Phi) is 3.90. The van der Waals surface area contributed by atoms with Gasteiger partial charge in [-0.05, 0) is 37.3 Å². The fraction of sp³-hybridized carbons (Fsp3) is 0.105. The number of carboxylic acid groups (broad SMARTS) is 1. The maximum Gasteiger partial charge on any atom is 0.323 e. The van der Waals surface area contributed by atoms with E-state index in [1.807, 2.05) is 0 Å². The zero-order valence-electron chi connectivity index (χ0n) is 14.0. The molecule has 1 aliphatic heterocycles. The van der Waals surface area contributed by atoms with Crippen molar-refractivity contribution < 1.29 is 22.7 Å². The van der Waals surface area contributed by atoms with Crippen LogP contribution in [0.5, 0.6) is 0 Å². The highest BCUT2D eigenvalue weighted by Gasteiger charge is 2.31. The highest BCUT2D eigenvalue weighted by molar-refractivity contribution is 7.95. The molecule has 3 aromatic rings. The predicted molar refractivity (Wildman–Crippen MR) is 100.0 cm³/mol. The molecule has 2 aromatic carbocycles. The van der Waals surface area contributed by atoms with Gasteiger partial charge in [0.1, 0.15) is 12.4 Å². The summed E-state index contributed by atoms with van der Waals surface area (Å²) >= 11 is 5.95. The van der Waals surface area contributed by atoms with Crippen molar-refractivity contribution in [2.45, 2.75) is 18.4 Å². The molecule has 0 fully saturated rings. The summed E-state index contributed by atoms with van der Waals surface area (Å²) in [6.45, 7) is 1.33. The SMILES string of the molecule is Cc1c(C2=CS(=O)(=O)c3cc(Cl)ccc32)c2ccc(F)cc2n1CC(=O)O. The Morgan fingerprint density at radius 3 is 2.67 bits per heavy atom. The minimum Gasteiger partial charge on any atom is -0.480 e. The summed E-state index contributed by atoms with van der Waals surface area (Å²) in [6.07, 6.45) is 0. The maximum atomic E-state index is 13.8. The van der Waals surface area contributed by atoms with Crippen LogP contribution in [0.3, 0.4) is 0 Å². The quantitative estimate of drug-likeness (QED) is 0.714. The molecule has 0 bridgehead atoms. The molecular formula is C19H13ClFNO4S. The van der Waals surface area contributed by atoms with Gasteiger partial charge in [-0.15, -0.1) is 0 Å². The van der Waals surface area contributed by atoms with E-state index in [1.54, 1.807) is 19.1 Å². The molecule has 0 saturated heterocycles. The lowest BCUT2D eigenvalue weighted by atomic mass is 9.97. The average molecular weight is 406 g/mol. The van der Waals surface area contributed by atoms with Crippen LogP contribution in [0.4, 0.5) is 4.39 Å². The molecule has 4 rings (SSSR count). The number of carbonyl (C=O) groups is 1. The van der Waals surface area contributed by atoms with E-state index in [9.17, 15) is 22.7 Å². The smallest absolute Gasteiger partial charge is 0.323 e. The molecule has 0 unspecified atom stereocenters. The standard InChI is InChI=1S/C19H13ClFNO4S/c1-10-19(14-5-3-12(21)7-16(14)22(10)8-18(23)24)15-9-27(25,26)17-6-11(20)2-4-13(15)17/h2-7,9H,8H2,1H3,(H,23,24). The second-order valence-corrected chi connectivity index (χ2v) is 8.52. The summed E-state index contributed by atoms with van der Waals surface area (Å²) in [5.74, 6) is -1.58. The molecule has 27 heavy (non-hydrogen) atoms. The Morgan fingerprint density at radius 2 is 1.96 bits per heavy atom. The lowest BCUT2D eigenvalue weighted by molar-refractivity contribution is -0.137. The van der Waals surface area contributed by atoms with Crippen molar-refractivity contribution in [1.82, 2.24) is 4.57 Å². The molecule has 138 valence electrons. The number of halogens is 2. The number of hydrogen-bond donors (Lipinski definition) is 1. The van der Waals surface area contributed by atoms with Crippen LogP contribution in [-0.2, 0) is 21.2 Å². The van der Waals surface area contributed by atoms with Gasteiger partial charge in [0.05, 0.1) is 10.4 Å². The Hall–Kier alpha value is -2.64. The summed E-state index contributed by atoms with van der Waals surface area (Å²) in [5.41, 5.74) is 2.44. The first kappa shape index (κ1) is 17.8. The molecule has 1 aliphatic rings. The summed E-state index contributed by atoms with van der Waals surface area (Å²) in [5, 5.41) is 11.3. The first-order valence-corrected chi connectivity index (χ1v) is 9.88. The van der Waals surface area contributed by atoms with Crippen LogP contribution in [0.1, 0.15) is 16.8 Å². The minimum atomic E-state index is -3.68. The average Bonchev–Trinajstić information content (AvgIpc) is 2.99. The highest BCUT2D eigenvalue weighted by Crippen LogP contribution is 2.43. The Morgan fingerprint density at radius 1 is 1.22 bits per heavy atom.